The highest BCUT2D eigenvalue weighted by atomic mass is 19.1. The van der Waals surface area contributed by atoms with Gasteiger partial charge in [-0.1, -0.05) is 30.4 Å². The molecule has 0 spiro atoms. The molecule has 2 rings (SSSR count). The van der Waals surface area contributed by atoms with Crippen LogP contribution in [0.25, 0.3) is 0 Å². The van der Waals surface area contributed by atoms with Crippen molar-refractivity contribution in [3.05, 3.63) is 47.5 Å². The van der Waals surface area contributed by atoms with Crippen LogP contribution in [0.5, 0.6) is 0 Å². The lowest BCUT2D eigenvalue weighted by Crippen LogP contribution is -2.12. The molecular weight excluding hydrogens is 237 g/mol. The topological polar surface area (TPSA) is 23.8 Å². The molecule has 1 aromatic rings. The monoisotopic (exact) mass is 257 g/mol. The summed E-state index contributed by atoms with van der Waals surface area (Å²) in [5, 5.41) is 9.15. The van der Waals surface area contributed by atoms with Gasteiger partial charge in [-0.3, -0.25) is 4.39 Å². The lowest BCUT2D eigenvalue weighted by Gasteiger charge is -2.27. The van der Waals surface area contributed by atoms with Crippen molar-refractivity contribution in [2.45, 2.75) is 38.0 Å². The predicted octanol–water partition coefficient (Wildman–Crippen LogP) is 4.75. The standard InChI is InChI=1S/C17H20FN/c18-12-4-3-5-14-8-10-15(11-9-14)17-7-2-1-6-16(17)13-19/h1-3,5-7,14-15H,4,8-12H2. The first-order chi connectivity index (χ1) is 9.35. The molecule has 2 heteroatoms. The number of alkyl halides is 1. The average Bonchev–Trinajstić information content (AvgIpc) is 2.48. The second-order valence-corrected chi connectivity index (χ2v) is 5.22. The first-order valence-corrected chi connectivity index (χ1v) is 7.06. The van der Waals surface area contributed by atoms with Crippen molar-refractivity contribution in [2.75, 3.05) is 6.67 Å². The highest BCUT2D eigenvalue weighted by molar-refractivity contribution is 5.39. The molecule has 0 saturated heterocycles. The van der Waals surface area contributed by atoms with E-state index in [1.807, 2.05) is 24.3 Å². The molecule has 0 radical (unpaired) electrons. The molecule has 1 aliphatic rings. The third-order valence-electron chi connectivity index (χ3n) is 3.98. The maximum atomic E-state index is 12.0. The first kappa shape index (κ1) is 13.8. The Morgan fingerprint density at radius 2 is 1.95 bits per heavy atom. The van der Waals surface area contributed by atoms with Gasteiger partial charge in [-0.15, -0.1) is 0 Å². The highest BCUT2D eigenvalue weighted by Gasteiger charge is 2.22. The van der Waals surface area contributed by atoms with E-state index in [1.165, 1.54) is 5.56 Å². The van der Waals surface area contributed by atoms with Crippen molar-refractivity contribution < 1.29 is 4.39 Å². The van der Waals surface area contributed by atoms with E-state index in [2.05, 4.69) is 18.2 Å². The van der Waals surface area contributed by atoms with Gasteiger partial charge in [-0.25, -0.2) is 0 Å². The summed E-state index contributed by atoms with van der Waals surface area (Å²) in [6.07, 6.45) is 9.23. The molecule has 1 aliphatic carbocycles. The normalized spacial score (nSPS) is 23.4. The minimum atomic E-state index is -0.263. The minimum Gasteiger partial charge on any atom is -0.251 e. The van der Waals surface area contributed by atoms with Gasteiger partial charge in [-0.2, -0.15) is 5.26 Å². The van der Waals surface area contributed by atoms with E-state index in [0.717, 1.165) is 31.2 Å². The van der Waals surface area contributed by atoms with Gasteiger partial charge in [0.2, 0.25) is 0 Å². The summed E-state index contributed by atoms with van der Waals surface area (Å²) < 4.78 is 12.0. The summed E-state index contributed by atoms with van der Waals surface area (Å²) in [6.45, 7) is -0.263. The minimum absolute atomic E-state index is 0.263. The molecule has 0 N–H and O–H groups in total. The molecule has 0 aromatic heterocycles. The van der Waals surface area contributed by atoms with E-state index in [0.29, 0.717) is 18.3 Å². The van der Waals surface area contributed by atoms with Crippen LogP contribution in [0.3, 0.4) is 0 Å². The summed E-state index contributed by atoms with van der Waals surface area (Å²) in [4.78, 5) is 0. The van der Waals surface area contributed by atoms with E-state index < -0.39 is 0 Å². The average molecular weight is 257 g/mol. The molecule has 0 unspecified atom stereocenters. The van der Waals surface area contributed by atoms with E-state index in [9.17, 15) is 4.39 Å². The fourth-order valence-corrected chi connectivity index (χ4v) is 2.93. The van der Waals surface area contributed by atoms with Crippen LogP contribution in [0.1, 0.15) is 49.1 Å². The molecule has 1 fully saturated rings. The maximum absolute atomic E-state index is 12.0. The number of halogens is 1. The van der Waals surface area contributed by atoms with Crippen LogP contribution in [0.2, 0.25) is 0 Å². The summed E-state index contributed by atoms with van der Waals surface area (Å²) in [5.41, 5.74) is 2.02. The zero-order valence-corrected chi connectivity index (χ0v) is 11.2. The zero-order chi connectivity index (χ0) is 13.5. The molecule has 19 heavy (non-hydrogen) atoms. The molecule has 0 amide bonds. The fraction of sp³-hybridized carbons (Fsp3) is 0.471. The summed E-state index contributed by atoms with van der Waals surface area (Å²) in [7, 11) is 0. The van der Waals surface area contributed by atoms with Crippen LogP contribution >= 0.6 is 0 Å². The first-order valence-electron chi connectivity index (χ1n) is 7.06. The molecule has 1 aromatic carbocycles. The Hall–Kier alpha value is -1.62. The molecule has 100 valence electrons. The van der Waals surface area contributed by atoms with Crippen LogP contribution in [0, 0.1) is 17.2 Å². The van der Waals surface area contributed by atoms with E-state index in [-0.39, 0.29) is 6.67 Å². The molecule has 0 bridgehead atoms. The largest absolute Gasteiger partial charge is 0.251 e. The number of nitriles is 1. The second-order valence-electron chi connectivity index (χ2n) is 5.22. The Labute approximate surface area is 114 Å². The molecule has 0 heterocycles. The molecular formula is C17H20FN. The van der Waals surface area contributed by atoms with Gasteiger partial charge in [0.15, 0.2) is 0 Å². The number of hydrogen-bond donors (Lipinski definition) is 0. The third-order valence-corrected chi connectivity index (χ3v) is 3.98. The lowest BCUT2D eigenvalue weighted by molar-refractivity contribution is 0.374. The van der Waals surface area contributed by atoms with Gasteiger partial charge < -0.3 is 0 Å². The number of benzene rings is 1. The number of rotatable bonds is 4. The van der Waals surface area contributed by atoms with Gasteiger partial charge in [0.05, 0.1) is 18.3 Å². The van der Waals surface area contributed by atoms with Crippen molar-refractivity contribution in [1.82, 2.24) is 0 Å². The van der Waals surface area contributed by atoms with Crippen molar-refractivity contribution >= 4 is 0 Å². The third kappa shape index (κ3) is 3.67. The van der Waals surface area contributed by atoms with Crippen molar-refractivity contribution in [3.63, 3.8) is 0 Å². The maximum Gasteiger partial charge on any atom is 0.0994 e. The SMILES string of the molecule is N#Cc1ccccc1C1CCC(C=CCCF)CC1. The van der Waals surface area contributed by atoms with Gasteiger partial charge >= 0.3 is 0 Å². The Balaban J connectivity index is 1.95. The Kier molecular flexibility index (Phi) is 5.15. The molecule has 1 saturated carbocycles. The Morgan fingerprint density at radius 1 is 1.21 bits per heavy atom. The van der Waals surface area contributed by atoms with E-state index in [1.54, 1.807) is 0 Å². The highest BCUT2D eigenvalue weighted by Crippen LogP contribution is 2.37. The summed E-state index contributed by atoms with van der Waals surface area (Å²) in [6, 6.07) is 10.2. The van der Waals surface area contributed by atoms with Gasteiger partial charge in [0, 0.05) is 0 Å². The van der Waals surface area contributed by atoms with Gasteiger partial charge in [0.25, 0.3) is 0 Å². The summed E-state index contributed by atoms with van der Waals surface area (Å²) in [5.74, 6) is 1.11. The predicted molar refractivity (Wildman–Crippen MR) is 75.6 cm³/mol. The summed E-state index contributed by atoms with van der Waals surface area (Å²) >= 11 is 0. The number of hydrogen-bond acceptors (Lipinski definition) is 1. The lowest BCUT2D eigenvalue weighted by atomic mass is 9.77. The fourth-order valence-electron chi connectivity index (χ4n) is 2.93. The van der Waals surface area contributed by atoms with Crippen molar-refractivity contribution in [2.24, 2.45) is 5.92 Å². The smallest absolute Gasteiger partial charge is 0.0994 e. The molecule has 0 aliphatic heterocycles. The van der Waals surface area contributed by atoms with E-state index in [4.69, 9.17) is 5.26 Å². The Morgan fingerprint density at radius 3 is 2.63 bits per heavy atom. The van der Waals surface area contributed by atoms with Crippen LogP contribution < -0.4 is 0 Å². The quantitative estimate of drug-likeness (QED) is 0.714. The molecule has 0 atom stereocenters. The van der Waals surface area contributed by atoms with Gasteiger partial charge in [-0.05, 0) is 55.6 Å². The van der Waals surface area contributed by atoms with Crippen molar-refractivity contribution in [1.29, 1.82) is 5.26 Å². The van der Waals surface area contributed by atoms with Crippen molar-refractivity contribution in [3.8, 4) is 6.07 Å². The van der Waals surface area contributed by atoms with Crippen LogP contribution in [-0.2, 0) is 0 Å². The number of nitrogens with zero attached hydrogens (tertiary/aromatic N) is 1. The van der Waals surface area contributed by atoms with Crippen LogP contribution in [-0.4, -0.2) is 6.67 Å². The second kappa shape index (κ2) is 7.09. The van der Waals surface area contributed by atoms with Crippen LogP contribution in [0.4, 0.5) is 4.39 Å². The van der Waals surface area contributed by atoms with Crippen LogP contribution in [0.15, 0.2) is 36.4 Å². The van der Waals surface area contributed by atoms with Gasteiger partial charge in [0.1, 0.15) is 0 Å². The van der Waals surface area contributed by atoms with E-state index >= 15 is 0 Å². The number of allylic oxidation sites excluding steroid dienone is 2. The molecule has 1 nitrogen and oxygen atoms in total. The zero-order valence-electron chi connectivity index (χ0n) is 11.2. The Bertz CT molecular complexity index is 464.